The van der Waals surface area contributed by atoms with Crippen molar-refractivity contribution in [1.29, 1.82) is 0 Å². The molecule has 4 nitrogen and oxygen atoms in total. The van der Waals surface area contributed by atoms with E-state index in [0.29, 0.717) is 0 Å². The van der Waals surface area contributed by atoms with Crippen molar-refractivity contribution < 1.29 is 4.74 Å². The highest BCUT2D eigenvalue weighted by Gasteiger charge is 2.34. The lowest BCUT2D eigenvalue weighted by atomic mass is 9.81. The molecule has 0 atom stereocenters. The number of anilines is 1. The number of hydrogen-bond acceptors (Lipinski definition) is 4. The molecule has 0 fully saturated rings. The third kappa shape index (κ3) is 1.26. The van der Waals surface area contributed by atoms with Crippen LogP contribution in [-0.4, -0.2) is 12.9 Å². The van der Waals surface area contributed by atoms with Crippen LogP contribution in [0.1, 0.15) is 11.1 Å². The fourth-order valence-corrected chi connectivity index (χ4v) is 2.67. The maximum Gasteiger partial charge on any atom is 0.0877 e. The van der Waals surface area contributed by atoms with Gasteiger partial charge in [0.2, 0.25) is 0 Å². The number of nitrogens with zero attached hydrogens (tertiary/aromatic N) is 1. The molecule has 3 aliphatic heterocycles. The average Bonchev–Trinajstić information content (AvgIpc) is 2.76. The zero-order valence-electron chi connectivity index (χ0n) is 9.81. The van der Waals surface area contributed by atoms with E-state index in [9.17, 15) is 0 Å². The maximum absolute atomic E-state index is 5.14. The SMILES string of the molecule is C1=CC2(C=CO1)C=Nc1cc3c(cc12)NCNC3. The highest BCUT2D eigenvalue weighted by molar-refractivity contribution is 5.91. The van der Waals surface area contributed by atoms with Crippen LogP contribution in [0.3, 0.4) is 0 Å². The fraction of sp³-hybridized carbons (Fsp3) is 0.214. The first-order valence-electron chi connectivity index (χ1n) is 6.05. The van der Waals surface area contributed by atoms with E-state index in [1.807, 2.05) is 18.4 Å². The van der Waals surface area contributed by atoms with E-state index in [-0.39, 0.29) is 5.41 Å². The van der Waals surface area contributed by atoms with Crippen LogP contribution in [0, 0.1) is 0 Å². The lowest BCUT2D eigenvalue weighted by Gasteiger charge is -2.25. The summed E-state index contributed by atoms with van der Waals surface area (Å²) in [5.41, 5.74) is 4.51. The minimum Gasteiger partial charge on any atom is -0.473 e. The van der Waals surface area contributed by atoms with Crippen molar-refractivity contribution in [1.82, 2.24) is 5.32 Å². The molecule has 0 saturated heterocycles. The number of fused-ring (bicyclic) bond motifs is 3. The molecule has 0 amide bonds. The van der Waals surface area contributed by atoms with Gasteiger partial charge in [-0.05, 0) is 35.4 Å². The molecule has 4 rings (SSSR count). The van der Waals surface area contributed by atoms with Crippen LogP contribution in [0.2, 0.25) is 0 Å². The van der Waals surface area contributed by atoms with Crippen molar-refractivity contribution in [3.8, 4) is 0 Å². The highest BCUT2D eigenvalue weighted by Crippen LogP contribution is 2.43. The Hall–Kier alpha value is -2.07. The number of nitrogens with one attached hydrogen (secondary N) is 2. The van der Waals surface area contributed by atoms with Crippen LogP contribution < -0.4 is 10.6 Å². The molecule has 0 bridgehead atoms. The molecule has 1 spiro atoms. The number of benzene rings is 1. The Bertz CT molecular complexity index is 589. The third-order valence-corrected chi connectivity index (χ3v) is 3.67. The maximum atomic E-state index is 5.14. The molecular weight excluding hydrogens is 226 g/mol. The minimum absolute atomic E-state index is 0.227. The van der Waals surface area contributed by atoms with Gasteiger partial charge in [-0.15, -0.1) is 0 Å². The number of hydrogen-bond donors (Lipinski definition) is 2. The zero-order valence-corrected chi connectivity index (χ0v) is 9.81. The Morgan fingerprint density at radius 2 is 2.11 bits per heavy atom. The second kappa shape index (κ2) is 3.46. The van der Waals surface area contributed by atoms with E-state index in [0.717, 1.165) is 18.9 Å². The van der Waals surface area contributed by atoms with Gasteiger partial charge in [-0.3, -0.25) is 10.3 Å². The molecule has 3 heterocycles. The third-order valence-electron chi connectivity index (χ3n) is 3.67. The quantitative estimate of drug-likeness (QED) is 0.729. The number of ether oxygens (including phenoxy) is 1. The number of rotatable bonds is 0. The van der Waals surface area contributed by atoms with Gasteiger partial charge >= 0.3 is 0 Å². The van der Waals surface area contributed by atoms with Gasteiger partial charge in [-0.2, -0.15) is 0 Å². The van der Waals surface area contributed by atoms with E-state index >= 15 is 0 Å². The molecule has 3 aliphatic rings. The molecule has 0 radical (unpaired) electrons. The first kappa shape index (κ1) is 9.91. The van der Waals surface area contributed by atoms with E-state index in [1.165, 1.54) is 16.8 Å². The summed E-state index contributed by atoms with van der Waals surface area (Å²) >= 11 is 0. The molecule has 0 aliphatic carbocycles. The van der Waals surface area contributed by atoms with Gasteiger partial charge < -0.3 is 10.1 Å². The molecule has 0 aromatic heterocycles. The molecule has 0 unspecified atom stereocenters. The smallest absolute Gasteiger partial charge is 0.0877 e. The number of aliphatic imine (C=N–C) groups is 1. The van der Waals surface area contributed by atoms with Crippen molar-refractivity contribution >= 4 is 17.6 Å². The molecule has 4 heteroatoms. The topological polar surface area (TPSA) is 45.6 Å². The molecule has 1 aromatic rings. The Morgan fingerprint density at radius 1 is 1.22 bits per heavy atom. The van der Waals surface area contributed by atoms with Gasteiger partial charge in [0.15, 0.2) is 0 Å². The van der Waals surface area contributed by atoms with Gasteiger partial charge in [0.05, 0.1) is 30.3 Å². The summed E-state index contributed by atoms with van der Waals surface area (Å²) in [6.07, 6.45) is 9.49. The van der Waals surface area contributed by atoms with Crippen molar-refractivity contribution in [2.45, 2.75) is 12.0 Å². The summed E-state index contributed by atoms with van der Waals surface area (Å²) in [5, 5.41) is 6.66. The van der Waals surface area contributed by atoms with E-state index in [2.05, 4.69) is 27.8 Å². The predicted molar refractivity (Wildman–Crippen MR) is 71.0 cm³/mol. The van der Waals surface area contributed by atoms with Gasteiger partial charge in [0.1, 0.15) is 0 Å². The normalized spacial score (nSPS) is 21.3. The summed E-state index contributed by atoms with van der Waals surface area (Å²) in [5.74, 6) is 0. The van der Waals surface area contributed by atoms with Crippen LogP contribution in [0.5, 0.6) is 0 Å². The molecule has 2 N–H and O–H groups in total. The van der Waals surface area contributed by atoms with Crippen molar-refractivity contribution in [2.24, 2.45) is 4.99 Å². The molecule has 18 heavy (non-hydrogen) atoms. The van der Waals surface area contributed by atoms with Crippen molar-refractivity contribution in [2.75, 3.05) is 12.0 Å². The Morgan fingerprint density at radius 3 is 3.00 bits per heavy atom. The zero-order chi connectivity index (χ0) is 12.0. The van der Waals surface area contributed by atoms with Crippen molar-refractivity contribution in [3.05, 3.63) is 47.9 Å². The largest absolute Gasteiger partial charge is 0.473 e. The highest BCUT2D eigenvalue weighted by atomic mass is 16.5. The van der Waals surface area contributed by atoms with Gasteiger partial charge in [-0.25, -0.2) is 0 Å². The monoisotopic (exact) mass is 239 g/mol. The summed E-state index contributed by atoms with van der Waals surface area (Å²) in [6.45, 7) is 1.71. The summed E-state index contributed by atoms with van der Waals surface area (Å²) in [7, 11) is 0. The Balaban J connectivity index is 1.89. The summed E-state index contributed by atoms with van der Waals surface area (Å²) in [6, 6.07) is 4.37. The second-order valence-electron chi connectivity index (χ2n) is 4.74. The lowest BCUT2D eigenvalue weighted by Crippen LogP contribution is -2.28. The van der Waals surface area contributed by atoms with Crippen LogP contribution in [-0.2, 0) is 16.7 Å². The molecular formula is C14H13N3O. The van der Waals surface area contributed by atoms with E-state index < -0.39 is 0 Å². The molecule has 0 saturated carbocycles. The Labute approximate surface area is 105 Å². The first-order chi connectivity index (χ1) is 8.87. The first-order valence-corrected chi connectivity index (χ1v) is 6.05. The minimum atomic E-state index is -0.227. The number of allylic oxidation sites excluding steroid dienone is 2. The second-order valence-corrected chi connectivity index (χ2v) is 4.74. The summed E-state index contributed by atoms with van der Waals surface area (Å²) < 4.78 is 5.14. The van der Waals surface area contributed by atoms with Gasteiger partial charge in [0, 0.05) is 18.4 Å². The van der Waals surface area contributed by atoms with E-state index in [1.54, 1.807) is 12.5 Å². The van der Waals surface area contributed by atoms with Crippen LogP contribution in [0.15, 0.2) is 41.8 Å². The van der Waals surface area contributed by atoms with Crippen LogP contribution in [0.4, 0.5) is 11.4 Å². The predicted octanol–water partition coefficient (Wildman–Crippen LogP) is 2.17. The Kier molecular flexibility index (Phi) is 1.91. The van der Waals surface area contributed by atoms with Crippen LogP contribution in [0.25, 0.3) is 0 Å². The standard InChI is InChI=1S/C14H13N3O/c1-3-18-4-2-14(1)8-16-13-5-10-7-15-9-17-12(10)6-11(13)14/h1-6,8,15,17H,7,9H2. The molecule has 1 aromatic carbocycles. The van der Waals surface area contributed by atoms with E-state index in [4.69, 9.17) is 4.74 Å². The van der Waals surface area contributed by atoms with Crippen molar-refractivity contribution in [3.63, 3.8) is 0 Å². The average molecular weight is 239 g/mol. The van der Waals surface area contributed by atoms with Crippen LogP contribution >= 0.6 is 0 Å². The molecule has 90 valence electrons. The fourth-order valence-electron chi connectivity index (χ4n) is 2.67. The van der Waals surface area contributed by atoms with Gasteiger partial charge in [0.25, 0.3) is 0 Å². The summed E-state index contributed by atoms with van der Waals surface area (Å²) in [4.78, 5) is 4.55. The van der Waals surface area contributed by atoms with Gasteiger partial charge in [-0.1, -0.05) is 0 Å². The lowest BCUT2D eigenvalue weighted by molar-refractivity contribution is 0.386.